The second-order valence-corrected chi connectivity index (χ2v) is 6.67. The molecule has 25 heavy (non-hydrogen) atoms. The Kier molecular flexibility index (Phi) is 7.03. The second kappa shape index (κ2) is 9.25. The van der Waals surface area contributed by atoms with E-state index in [4.69, 9.17) is 4.74 Å². The zero-order valence-electron chi connectivity index (χ0n) is 15.2. The van der Waals surface area contributed by atoms with Gasteiger partial charge in [-0.05, 0) is 31.7 Å². The fraction of sp³-hybridized carbons (Fsp3) is 0.611. The first-order chi connectivity index (χ1) is 12.0. The number of pyridine rings is 1. The highest BCUT2D eigenvalue weighted by Crippen LogP contribution is 2.17. The molecule has 0 bridgehead atoms. The Morgan fingerprint density at radius 3 is 2.68 bits per heavy atom. The average Bonchev–Trinajstić information content (AvgIpc) is 2.60. The number of piperidine rings is 1. The van der Waals surface area contributed by atoms with Crippen LogP contribution in [0, 0.1) is 5.92 Å². The molecule has 2 heterocycles. The van der Waals surface area contributed by atoms with Crippen molar-refractivity contribution in [2.24, 2.45) is 5.92 Å². The zero-order valence-corrected chi connectivity index (χ0v) is 15.2. The first-order valence-corrected chi connectivity index (χ1v) is 8.91. The van der Waals surface area contributed by atoms with Gasteiger partial charge in [-0.15, -0.1) is 0 Å². The molecule has 1 aromatic heterocycles. The fourth-order valence-corrected chi connectivity index (χ4v) is 2.70. The molecule has 0 radical (unpaired) electrons. The molecule has 1 aliphatic heterocycles. The summed E-state index contributed by atoms with van der Waals surface area (Å²) in [4.78, 5) is 29.7. The molecular weight excluding hydrogens is 320 g/mol. The lowest BCUT2D eigenvalue weighted by Gasteiger charge is -2.32. The van der Waals surface area contributed by atoms with Crippen LogP contribution < -0.4 is 10.6 Å². The van der Waals surface area contributed by atoms with Crippen LogP contribution in [0.1, 0.15) is 44.0 Å². The van der Waals surface area contributed by atoms with Gasteiger partial charge in [-0.25, -0.2) is 4.79 Å². The third-order valence-corrected chi connectivity index (χ3v) is 4.06. The lowest BCUT2D eigenvalue weighted by molar-refractivity contribution is 0.0946. The Hall–Kier alpha value is -2.31. The largest absolute Gasteiger partial charge is 0.450 e. The summed E-state index contributed by atoms with van der Waals surface area (Å²) in [6.07, 6.45) is 4.72. The number of ether oxygens (including phenoxy) is 1. The highest BCUT2D eigenvalue weighted by molar-refractivity contribution is 5.94. The van der Waals surface area contributed by atoms with E-state index < -0.39 is 0 Å². The topological polar surface area (TPSA) is 83.6 Å². The van der Waals surface area contributed by atoms with Crippen molar-refractivity contribution in [1.29, 1.82) is 0 Å². The summed E-state index contributed by atoms with van der Waals surface area (Å²) < 4.78 is 5.03. The molecule has 1 aromatic rings. The van der Waals surface area contributed by atoms with Crippen molar-refractivity contribution in [2.75, 3.05) is 31.6 Å². The predicted octanol–water partition coefficient (Wildman–Crippen LogP) is 2.50. The molecular formula is C18H28N4O3. The Balaban J connectivity index is 1.86. The van der Waals surface area contributed by atoms with E-state index in [9.17, 15) is 9.59 Å². The Bertz CT molecular complexity index is 583. The van der Waals surface area contributed by atoms with Gasteiger partial charge in [0, 0.05) is 38.1 Å². The van der Waals surface area contributed by atoms with Crippen molar-refractivity contribution in [3.63, 3.8) is 0 Å². The number of rotatable bonds is 6. The lowest BCUT2D eigenvalue weighted by atomic mass is 10.1. The first-order valence-electron chi connectivity index (χ1n) is 8.91. The molecule has 7 heteroatoms. The number of nitrogens with one attached hydrogen (secondary N) is 2. The number of aromatic nitrogens is 1. The number of carbonyl (C=O) groups is 2. The Morgan fingerprint density at radius 2 is 2.04 bits per heavy atom. The number of anilines is 1. The molecule has 7 nitrogen and oxygen atoms in total. The van der Waals surface area contributed by atoms with Gasteiger partial charge in [0.2, 0.25) is 0 Å². The molecule has 1 aliphatic rings. The molecule has 0 atom stereocenters. The number of hydrogen-bond acceptors (Lipinski definition) is 5. The van der Waals surface area contributed by atoms with Crippen LogP contribution in [0.25, 0.3) is 0 Å². The molecule has 138 valence electrons. The quantitative estimate of drug-likeness (QED) is 0.825. The number of likely N-dealkylation sites (tertiary alicyclic amines) is 1. The van der Waals surface area contributed by atoms with Crippen molar-refractivity contribution >= 4 is 17.7 Å². The maximum absolute atomic E-state index is 12.1. The molecule has 2 N–H and O–H groups in total. The van der Waals surface area contributed by atoms with Crippen LogP contribution in [-0.2, 0) is 4.74 Å². The van der Waals surface area contributed by atoms with E-state index in [2.05, 4.69) is 29.5 Å². The minimum absolute atomic E-state index is 0.109. The van der Waals surface area contributed by atoms with Gasteiger partial charge < -0.3 is 20.3 Å². The van der Waals surface area contributed by atoms with Gasteiger partial charge in [0.25, 0.3) is 5.91 Å². The fourth-order valence-electron chi connectivity index (χ4n) is 2.70. The van der Waals surface area contributed by atoms with Gasteiger partial charge in [-0.1, -0.05) is 13.8 Å². The van der Waals surface area contributed by atoms with E-state index in [1.54, 1.807) is 17.3 Å². The summed E-state index contributed by atoms with van der Waals surface area (Å²) in [5.41, 5.74) is 1.38. The standard InChI is InChI=1S/C18H28N4O3/c1-4-25-18(24)22-7-5-15(6-8-22)21-16-9-14(11-19-12-16)17(23)20-10-13(2)3/h9,11-13,15,21H,4-8,10H2,1-3H3,(H,20,23). The van der Waals surface area contributed by atoms with Gasteiger partial charge in [-0.3, -0.25) is 9.78 Å². The van der Waals surface area contributed by atoms with Crippen molar-refractivity contribution in [1.82, 2.24) is 15.2 Å². The molecule has 0 aliphatic carbocycles. The van der Waals surface area contributed by atoms with Crippen molar-refractivity contribution < 1.29 is 14.3 Å². The van der Waals surface area contributed by atoms with Gasteiger partial charge in [0.1, 0.15) is 0 Å². The molecule has 2 amide bonds. The van der Waals surface area contributed by atoms with Crippen molar-refractivity contribution in [3.05, 3.63) is 24.0 Å². The second-order valence-electron chi connectivity index (χ2n) is 6.67. The van der Waals surface area contributed by atoms with Crippen LogP contribution >= 0.6 is 0 Å². The first kappa shape index (κ1) is 19.0. The summed E-state index contributed by atoms with van der Waals surface area (Å²) in [6, 6.07) is 2.07. The summed E-state index contributed by atoms with van der Waals surface area (Å²) >= 11 is 0. The minimum atomic E-state index is -0.244. The van der Waals surface area contributed by atoms with Crippen LogP contribution in [0.3, 0.4) is 0 Å². The molecule has 0 spiro atoms. The van der Waals surface area contributed by atoms with Gasteiger partial charge in [-0.2, -0.15) is 0 Å². The van der Waals surface area contributed by atoms with Gasteiger partial charge >= 0.3 is 6.09 Å². The third-order valence-electron chi connectivity index (χ3n) is 4.06. The smallest absolute Gasteiger partial charge is 0.409 e. The van der Waals surface area contributed by atoms with Crippen molar-refractivity contribution in [2.45, 2.75) is 39.7 Å². The average molecular weight is 348 g/mol. The third kappa shape index (κ3) is 5.92. The monoisotopic (exact) mass is 348 g/mol. The van der Waals surface area contributed by atoms with Crippen LogP contribution in [0.5, 0.6) is 0 Å². The molecule has 0 aromatic carbocycles. The minimum Gasteiger partial charge on any atom is -0.450 e. The van der Waals surface area contributed by atoms with Crippen LogP contribution in [-0.4, -0.2) is 54.2 Å². The normalized spacial score (nSPS) is 15.1. The SMILES string of the molecule is CCOC(=O)N1CCC(Nc2cncc(C(=O)NCC(C)C)c2)CC1. The van der Waals surface area contributed by atoms with E-state index in [1.165, 1.54) is 0 Å². The molecule has 0 unspecified atom stereocenters. The van der Waals surface area contributed by atoms with E-state index in [0.29, 0.717) is 37.7 Å². The van der Waals surface area contributed by atoms with Crippen LogP contribution in [0.2, 0.25) is 0 Å². The number of nitrogens with zero attached hydrogens (tertiary/aromatic N) is 2. The van der Waals surface area contributed by atoms with Gasteiger partial charge in [0.15, 0.2) is 0 Å². The summed E-state index contributed by atoms with van der Waals surface area (Å²) in [5.74, 6) is 0.296. The maximum Gasteiger partial charge on any atom is 0.409 e. The van der Waals surface area contributed by atoms with E-state index in [1.807, 2.05) is 13.0 Å². The Labute approximate surface area is 149 Å². The predicted molar refractivity (Wildman–Crippen MR) is 96.6 cm³/mol. The highest BCUT2D eigenvalue weighted by Gasteiger charge is 2.23. The van der Waals surface area contributed by atoms with Crippen molar-refractivity contribution in [3.8, 4) is 0 Å². The number of hydrogen-bond donors (Lipinski definition) is 2. The molecule has 0 saturated carbocycles. The highest BCUT2D eigenvalue weighted by atomic mass is 16.6. The van der Waals surface area contributed by atoms with E-state index in [0.717, 1.165) is 18.5 Å². The molecule has 1 fully saturated rings. The maximum atomic E-state index is 12.1. The Morgan fingerprint density at radius 1 is 1.32 bits per heavy atom. The lowest BCUT2D eigenvalue weighted by Crippen LogP contribution is -2.42. The van der Waals surface area contributed by atoms with Crippen LogP contribution in [0.4, 0.5) is 10.5 Å². The number of carbonyl (C=O) groups excluding carboxylic acids is 2. The van der Waals surface area contributed by atoms with Gasteiger partial charge in [0.05, 0.1) is 17.9 Å². The summed E-state index contributed by atoms with van der Waals surface area (Å²) in [7, 11) is 0. The summed E-state index contributed by atoms with van der Waals surface area (Å²) in [5, 5.41) is 6.31. The molecule has 2 rings (SSSR count). The molecule has 1 saturated heterocycles. The van der Waals surface area contributed by atoms with Crippen LogP contribution in [0.15, 0.2) is 18.5 Å². The number of amides is 2. The van der Waals surface area contributed by atoms with E-state index >= 15 is 0 Å². The van der Waals surface area contributed by atoms with E-state index in [-0.39, 0.29) is 18.0 Å². The summed E-state index contributed by atoms with van der Waals surface area (Å²) in [6.45, 7) is 8.29. The zero-order chi connectivity index (χ0) is 18.2.